The number of benzene rings is 2. The second-order valence-corrected chi connectivity index (χ2v) is 8.50. The molecule has 3 heterocycles. The van der Waals surface area contributed by atoms with E-state index < -0.39 is 11.6 Å². The zero-order chi connectivity index (χ0) is 22.6. The van der Waals surface area contributed by atoms with Crippen LogP contribution in [-0.2, 0) is 20.9 Å². The van der Waals surface area contributed by atoms with Crippen LogP contribution in [-0.4, -0.2) is 40.4 Å². The van der Waals surface area contributed by atoms with E-state index in [4.69, 9.17) is 16.3 Å². The van der Waals surface area contributed by atoms with Crippen molar-refractivity contribution >= 4 is 46.0 Å². The monoisotopic (exact) mass is 449 g/mol. The van der Waals surface area contributed by atoms with Gasteiger partial charge in [0.1, 0.15) is 11.8 Å². The number of nitrogens with zero attached hydrogens (tertiary/aromatic N) is 3. The van der Waals surface area contributed by atoms with Crippen molar-refractivity contribution in [2.75, 3.05) is 11.9 Å². The molecule has 32 heavy (non-hydrogen) atoms. The quantitative estimate of drug-likeness (QED) is 0.448. The molecule has 0 spiro atoms. The van der Waals surface area contributed by atoms with Crippen LogP contribution in [0.4, 0.5) is 5.69 Å². The lowest BCUT2D eigenvalue weighted by Crippen LogP contribution is -2.67. The molecule has 0 aliphatic carbocycles. The van der Waals surface area contributed by atoms with E-state index in [1.807, 2.05) is 31.2 Å². The number of amides is 2. The number of rotatable bonds is 3. The molecule has 1 atom stereocenters. The van der Waals surface area contributed by atoms with Crippen molar-refractivity contribution in [2.24, 2.45) is 0 Å². The number of esters is 1. The van der Waals surface area contributed by atoms with E-state index in [-0.39, 0.29) is 36.4 Å². The second kappa shape index (κ2) is 7.31. The van der Waals surface area contributed by atoms with Crippen molar-refractivity contribution in [1.82, 2.24) is 9.88 Å². The Hall–Kier alpha value is -3.45. The number of hydrogen-bond donors (Lipinski definition) is 0. The van der Waals surface area contributed by atoms with E-state index in [1.54, 1.807) is 24.3 Å². The van der Waals surface area contributed by atoms with Gasteiger partial charge in [0.15, 0.2) is 0 Å². The minimum absolute atomic E-state index is 0.123. The number of aryl methyl sites for hydroxylation is 1. The summed E-state index contributed by atoms with van der Waals surface area (Å²) in [5.74, 6) is -1.23. The van der Waals surface area contributed by atoms with Gasteiger partial charge in [0.05, 0.1) is 16.8 Å². The predicted octanol–water partition coefficient (Wildman–Crippen LogP) is 3.85. The van der Waals surface area contributed by atoms with Crippen LogP contribution < -0.4 is 4.90 Å². The van der Waals surface area contributed by atoms with E-state index in [0.717, 1.165) is 16.5 Å². The molecule has 1 aromatic heterocycles. The van der Waals surface area contributed by atoms with Crippen molar-refractivity contribution in [3.8, 4) is 0 Å². The Morgan fingerprint density at radius 2 is 1.97 bits per heavy atom. The van der Waals surface area contributed by atoms with E-state index in [2.05, 4.69) is 4.98 Å². The van der Waals surface area contributed by atoms with Gasteiger partial charge in [-0.2, -0.15) is 0 Å². The highest BCUT2D eigenvalue weighted by atomic mass is 35.5. The first-order chi connectivity index (χ1) is 15.3. The number of carbonyl (C=O) groups is 3. The Morgan fingerprint density at radius 3 is 2.78 bits per heavy atom. The van der Waals surface area contributed by atoms with Gasteiger partial charge in [0.25, 0.3) is 5.91 Å². The first-order valence-corrected chi connectivity index (χ1v) is 10.6. The Labute approximate surface area is 189 Å². The molecule has 0 N–H and O–H groups in total. The molecule has 2 aliphatic rings. The lowest BCUT2D eigenvalue weighted by atomic mass is 9.97. The summed E-state index contributed by atoms with van der Waals surface area (Å²) in [6.45, 7) is 1.85. The third-order valence-corrected chi connectivity index (χ3v) is 6.55. The lowest BCUT2D eigenvalue weighted by molar-refractivity contribution is -0.157. The maximum absolute atomic E-state index is 13.4. The third kappa shape index (κ3) is 2.88. The van der Waals surface area contributed by atoms with Gasteiger partial charge >= 0.3 is 5.97 Å². The fourth-order valence-corrected chi connectivity index (χ4v) is 4.75. The van der Waals surface area contributed by atoms with E-state index >= 15 is 0 Å². The molecular weight excluding hydrogens is 430 g/mol. The first kappa shape index (κ1) is 20.5. The summed E-state index contributed by atoms with van der Waals surface area (Å²) in [6.07, 6.45) is 0.295. The molecule has 1 fully saturated rings. The van der Waals surface area contributed by atoms with Crippen molar-refractivity contribution in [1.29, 1.82) is 0 Å². The normalized spacial score (nSPS) is 19.8. The predicted molar refractivity (Wildman–Crippen MR) is 119 cm³/mol. The number of ether oxygens (including phenoxy) is 1. The van der Waals surface area contributed by atoms with Crippen LogP contribution >= 0.6 is 11.6 Å². The van der Waals surface area contributed by atoms with Gasteiger partial charge in [-0.3, -0.25) is 14.5 Å². The molecule has 2 amide bonds. The summed E-state index contributed by atoms with van der Waals surface area (Å²) in [5.41, 5.74) is 1.66. The highest BCUT2D eigenvalue weighted by molar-refractivity contribution is 6.30. The van der Waals surface area contributed by atoms with E-state index in [9.17, 15) is 14.4 Å². The minimum Gasteiger partial charge on any atom is -0.458 e. The number of aromatic nitrogens is 1. The summed E-state index contributed by atoms with van der Waals surface area (Å²) >= 11 is 6.34. The van der Waals surface area contributed by atoms with Gasteiger partial charge < -0.3 is 9.64 Å². The van der Waals surface area contributed by atoms with Crippen molar-refractivity contribution < 1.29 is 19.1 Å². The van der Waals surface area contributed by atoms with Crippen LogP contribution in [0.3, 0.4) is 0 Å². The first-order valence-electron chi connectivity index (χ1n) is 10.3. The van der Waals surface area contributed by atoms with Crippen LogP contribution in [0.5, 0.6) is 0 Å². The largest absolute Gasteiger partial charge is 0.458 e. The molecular formula is C24H20ClN3O4. The average Bonchev–Trinajstić information content (AvgIpc) is 3.14. The Kier molecular flexibility index (Phi) is 4.67. The summed E-state index contributed by atoms with van der Waals surface area (Å²) in [4.78, 5) is 46.4. The number of halogens is 1. The Bertz CT molecular complexity index is 1310. The van der Waals surface area contributed by atoms with Crippen LogP contribution in [0, 0.1) is 6.92 Å². The molecule has 0 bridgehead atoms. The van der Waals surface area contributed by atoms with E-state index in [1.165, 1.54) is 16.8 Å². The van der Waals surface area contributed by atoms with Crippen molar-refractivity contribution in [3.05, 3.63) is 70.4 Å². The summed E-state index contributed by atoms with van der Waals surface area (Å²) in [6, 6.07) is 14.5. The van der Waals surface area contributed by atoms with Crippen LogP contribution in [0.25, 0.3) is 10.9 Å². The third-order valence-electron chi connectivity index (χ3n) is 6.23. The Morgan fingerprint density at radius 1 is 1.19 bits per heavy atom. The zero-order valence-electron chi connectivity index (χ0n) is 17.6. The molecule has 2 aliphatic heterocycles. The summed E-state index contributed by atoms with van der Waals surface area (Å²) in [7, 11) is 1.53. The number of likely N-dealkylation sites (N-methyl/N-ethyl adjacent to an activating group) is 1. The van der Waals surface area contributed by atoms with Crippen LogP contribution in [0.15, 0.2) is 48.5 Å². The molecule has 2 aromatic carbocycles. The molecule has 0 radical (unpaired) electrons. The maximum Gasteiger partial charge on any atom is 0.354 e. The number of fused-ring (bicyclic) bond motifs is 4. The average molecular weight is 450 g/mol. The van der Waals surface area contributed by atoms with Gasteiger partial charge in [-0.1, -0.05) is 35.9 Å². The fraction of sp³-hybridized carbons (Fsp3) is 0.250. The van der Waals surface area contributed by atoms with Crippen LogP contribution in [0.2, 0.25) is 5.15 Å². The summed E-state index contributed by atoms with van der Waals surface area (Å²) < 4.78 is 5.66. The van der Waals surface area contributed by atoms with Gasteiger partial charge in [-0.15, -0.1) is 0 Å². The fourth-order valence-electron chi connectivity index (χ4n) is 4.55. The molecule has 7 nitrogen and oxygen atoms in total. The Balaban J connectivity index is 1.48. The molecule has 8 heteroatoms. The van der Waals surface area contributed by atoms with E-state index in [0.29, 0.717) is 16.8 Å². The topological polar surface area (TPSA) is 79.8 Å². The number of carbonyl (C=O) groups excluding carboxylic acids is 3. The zero-order valence-corrected chi connectivity index (χ0v) is 18.3. The molecule has 5 rings (SSSR count). The highest BCUT2D eigenvalue weighted by Crippen LogP contribution is 2.44. The lowest BCUT2D eigenvalue weighted by Gasteiger charge is -2.46. The molecule has 1 unspecified atom stereocenters. The van der Waals surface area contributed by atoms with Crippen molar-refractivity contribution in [2.45, 2.75) is 32.0 Å². The summed E-state index contributed by atoms with van der Waals surface area (Å²) in [5, 5.41) is 1.12. The SMILES string of the molecule is Cc1ccc2cc(COC(=O)C34CCC(=O)N3c3ccccc3C(=O)N4C)c(Cl)nc2c1. The van der Waals surface area contributed by atoms with Gasteiger partial charge in [0, 0.05) is 30.8 Å². The molecule has 0 saturated carbocycles. The second-order valence-electron chi connectivity index (χ2n) is 8.14. The number of pyridine rings is 1. The van der Waals surface area contributed by atoms with Gasteiger partial charge in [-0.05, 0) is 36.8 Å². The minimum atomic E-state index is -1.52. The van der Waals surface area contributed by atoms with Crippen molar-refractivity contribution in [3.63, 3.8) is 0 Å². The number of anilines is 1. The van der Waals surface area contributed by atoms with Gasteiger partial charge in [0.2, 0.25) is 11.6 Å². The smallest absolute Gasteiger partial charge is 0.354 e. The maximum atomic E-state index is 13.4. The number of hydrogen-bond acceptors (Lipinski definition) is 5. The molecule has 1 saturated heterocycles. The molecule has 3 aromatic rings. The number of para-hydroxylation sites is 1. The standard InChI is InChI=1S/C24H20ClN3O4/c1-14-7-8-15-12-16(21(25)26-18(15)11-14)13-32-23(31)24-10-9-20(29)28(24)19-6-4-3-5-17(19)22(30)27(24)2/h3-8,11-12H,9-10,13H2,1-2H3. The highest BCUT2D eigenvalue weighted by Gasteiger charge is 2.60. The van der Waals surface area contributed by atoms with Crippen LogP contribution in [0.1, 0.15) is 34.3 Å². The van der Waals surface area contributed by atoms with Gasteiger partial charge in [-0.25, -0.2) is 9.78 Å². The molecule has 162 valence electrons.